The van der Waals surface area contributed by atoms with E-state index in [-0.39, 0.29) is 30.2 Å². The summed E-state index contributed by atoms with van der Waals surface area (Å²) >= 11 is 0. The predicted octanol–water partition coefficient (Wildman–Crippen LogP) is 3.02. The zero-order chi connectivity index (χ0) is 19.9. The van der Waals surface area contributed by atoms with Crippen molar-refractivity contribution in [1.82, 2.24) is 9.80 Å². The van der Waals surface area contributed by atoms with Crippen molar-refractivity contribution in [1.29, 1.82) is 0 Å². The summed E-state index contributed by atoms with van der Waals surface area (Å²) in [6, 6.07) is 6.64. The van der Waals surface area contributed by atoms with Gasteiger partial charge in [0.25, 0.3) is 0 Å². The van der Waals surface area contributed by atoms with Crippen LogP contribution < -0.4 is 0 Å². The Balaban J connectivity index is 1.61. The van der Waals surface area contributed by atoms with Crippen LogP contribution >= 0.6 is 0 Å². The summed E-state index contributed by atoms with van der Waals surface area (Å²) in [5.41, 5.74) is 1.03. The molecule has 0 aromatic heterocycles. The Morgan fingerprint density at radius 3 is 2.50 bits per heavy atom. The highest BCUT2D eigenvalue weighted by molar-refractivity contribution is 5.67. The van der Waals surface area contributed by atoms with E-state index in [1.807, 2.05) is 18.2 Å². The van der Waals surface area contributed by atoms with Crippen molar-refractivity contribution >= 4 is 5.97 Å². The molecule has 0 spiro atoms. The van der Waals surface area contributed by atoms with Crippen molar-refractivity contribution in [2.24, 2.45) is 5.92 Å². The molecule has 1 saturated heterocycles. The quantitative estimate of drug-likeness (QED) is 0.690. The van der Waals surface area contributed by atoms with Gasteiger partial charge in [0, 0.05) is 44.7 Å². The number of carboxylic acid groups (broad SMARTS) is 1. The summed E-state index contributed by atoms with van der Waals surface area (Å²) in [4.78, 5) is 15.1. The highest BCUT2D eigenvalue weighted by atomic mass is 19.1. The molecule has 3 rings (SSSR count). The molecular formula is C21H26F2N2O3. The zero-order valence-electron chi connectivity index (χ0n) is 15.8. The fraction of sp³-hybridized carbons (Fsp3) is 0.476. The van der Waals surface area contributed by atoms with Crippen LogP contribution in [0.25, 0.3) is 0 Å². The smallest absolute Gasteiger partial charge is 0.329 e. The van der Waals surface area contributed by atoms with E-state index in [0.717, 1.165) is 31.7 Å². The Morgan fingerprint density at radius 2 is 1.89 bits per heavy atom. The van der Waals surface area contributed by atoms with Gasteiger partial charge >= 0.3 is 5.97 Å². The second-order valence-electron chi connectivity index (χ2n) is 7.17. The molecule has 1 fully saturated rings. The van der Waals surface area contributed by atoms with Crippen molar-refractivity contribution in [3.05, 3.63) is 59.7 Å². The van der Waals surface area contributed by atoms with Crippen LogP contribution in [0.4, 0.5) is 8.78 Å². The van der Waals surface area contributed by atoms with Crippen LogP contribution in [-0.4, -0.2) is 66.8 Å². The summed E-state index contributed by atoms with van der Waals surface area (Å²) < 4.78 is 31.9. The SMILES string of the molecule is O=C(O)COCCN1CCN(C(c2ccc(F)cc2)C2C=CC(F)=CC2)CC1. The Kier molecular flexibility index (Phi) is 7.30. The number of hydrogen-bond donors (Lipinski definition) is 1. The van der Waals surface area contributed by atoms with Gasteiger partial charge in [-0.1, -0.05) is 18.2 Å². The first-order valence-electron chi connectivity index (χ1n) is 9.58. The molecule has 1 aromatic rings. The molecule has 2 aliphatic rings. The van der Waals surface area contributed by atoms with Gasteiger partial charge in [0.15, 0.2) is 0 Å². The topological polar surface area (TPSA) is 53.0 Å². The molecule has 28 heavy (non-hydrogen) atoms. The minimum atomic E-state index is -0.960. The highest BCUT2D eigenvalue weighted by Gasteiger charge is 2.30. The maximum Gasteiger partial charge on any atom is 0.329 e. The Morgan fingerprint density at radius 1 is 1.18 bits per heavy atom. The number of aliphatic carboxylic acids is 1. The van der Waals surface area contributed by atoms with Gasteiger partial charge in [-0.25, -0.2) is 13.6 Å². The van der Waals surface area contributed by atoms with Crippen LogP contribution in [0.5, 0.6) is 0 Å². The minimum absolute atomic E-state index is 0.0617. The fourth-order valence-corrected chi connectivity index (χ4v) is 3.85. The maximum absolute atomic E-state index is 13.4. The van der Waals surface area contributed by atoms with Crippen LogP contribution in [0.3, 0.4) is 0 Å². The van der Waals surface area contributed by atoms with Gasteiger partial charge in [-0.05, 0) is 36.3 Å². The van der Waals surface area contributed by atoms with E-state index in [4.69, 9.17) is 9.84 Å². The molecule has 1 aliphatic carbocycles. The van der Waals surface area contributed by atoms with Gasteiger partial charge in [-0.3, -0.25) is 9.80 Å². The van der Waals surface area contributed by atoms with Crippen molar-refractivity contribution < 1.29 is 23.4 Å². The lowest BCUT2D eigenvalue weighted by Gasteiger charge is -2.42. The summed E-state index contributed by atoms with van der Waals surface area (Å²) in [7, 11) is 0. The number of allylic oxidation sites excluding steroid dienone is 3. The normalized spacial score (nSPS) is 22.1. The maximum atomic E-state index is 13.4. The van der Waals surface area contributed by atoms with Crippen LogP contribution in [-0.2, 0) is 9.53 Å². The third-order valence-corrected chi connectivity index (χ3v) is 5.28. The molecule has 5 nitrogen and oxygen atoms in total. The molecule has 1 N–H and O–H groups in total. The lowest BCUT2D eigenvalue weighted by Crippen LogP contribution is -2.49. The number of rotatable bonds is 8. The molecule has 1 aliphatic heterocycles. The standard InChI is InChI=1S/C21H26F2N2O3/c22-18-5-1-16(2-6-18)21(17-3-7-19(23)8-4-17)25-11-9-24(10-12-25)13-14-28-15-20(26)27/h1-3,5-8,17,21H,4,9-15H2,(H,26,27). The van der Waals surface area contributed by atoms with Gasteiger partial charge in [0.2, 0.25) is 0 Å². The van der Waals surface area contributed by atoms with Crippen molar-refractivity contribution in [3.63, 3.8) is 0 Å². The molecule has 0 saturated carbocycles. The van der Waals surface area contributed by atoms with Crippen LogP contribution in [0.15, 0.2) is 48.3 Å². The first kappa shape index (κ1) is 20.6. The minimum Gasteiger partial charge on any atom is -0.480 e. The summed E-state index contributed by atoms with van der Waals surface area (Å²) in [5.74, 6) is -1.30. The first-order chi connectivity index (χ1) is 13.5. The van der Waals surface area contributed by atoms with Crippen molar-refractivity contribution in [2.75, 3.05) is 45.9 Å². The van der Waals surface area contributed by atoms with E-state index in [9.17, 15) is 13.6 Å². The third kappa shape index (κ3) is 5.70. The highest BCUT2D eigenvalue weighted by Crippen LogP contribution is 2.35. The molecule has 0 amide bonds. The zero-order valence-corrected chi connectivity index (χ0v) is 15.8. The lowest BCUT2D eigenvalue weighted by molar-refractivity contribution is -0.142. The van der Waals surface area contributed by atoms with E-state index in [0.29, 0.717) is 19.6 Å². The van der Waals surface area contributed by atoms with Gasteiger partial charge in [-0.15, -0.1) is 0 Å². The first-order valence-corrected chi connectivity index (χ1v) is 9.58. The molecule has 0 bridgehead atoms. The van der Waals surface area contributed by atoms with Gasteiger partial charge in [0.05, 0.1) is 6.61 Å². The number of nitrogens with zero attached hydrogens (tertiary/aromatic N) is 2. The van der Waals surface area contributed by atoms with E-state index < -0.39 is 5.97 Å². The van der Waals surface area contributed by atoms with Crippen LogP contribution in [0.2, 0.25) is 0 Å². The number of halogens is 2. The molecule has 152 valence electrons. The molecule has 2 unspecified atom stereocenters. The number of hydrogen-bond acceptors (Lipinski definition) is 4. The molecule has 1 heterocycles. The average molecular weight is 392 g/mol. The van der Waals surface area contributed by atoms with E-state index >= 15 is 0 Å². The van der Waals surface area contributed by atoms with Crippen LogP contribution in [0.1, 0.15) is 18.0 Å². The van der Waals surface area contributed by atoms with E-state index in [2.05, 4.69) is 9.80 Å². The summed E-state index contributed by atoms with van der Waals surface area (Å²) in [6.45, 7) is 4.16. The molecule has 1 aromatic carbocycles. The number of ether oxygens (including phenoxy) is 1. The van der Waals surface area contributed by atoms with Crippen LogP contribution in [0, 0.1) is 11.7 Å². The number of piperazine rings is 1. The third-order valence-electron chi connectivity index (χ3n) is 5.28. The Hall–Kier alpha value is -2.09. The van der Waals surface area contributed by atoms with Gasteiger partial charge in [0.1, 0.15) is 18.3 Å². The van der Waals surface area contributed by atoms with Gasteiger partial charge < -0.3 is 9.84 Å². The number of carbonyl (C=O) groups is 1. The Bertz CT molecular complexity index is 713. The molecule has 7 heteroatoms. The lowest BCUT2D eigenvalue weighted by atomic mass is 9.86. The predicted molar refractivity (Wildman–Crippen MR) is 102 cm³/mol. The molecular weight excluding hydrogens is 366 g/mol. The monoisotopic (exact) mass is 392 g/mol. The average Bonchev–Trinajstić information content (AvgIpc) is 2.69. The summed E-state index contributed by atoms with van der Waals surface area (Å²) in [6.07, 6.45) is 5.65. The largest absolute Gasteiger partial charge is 0.480 e. The van der Waals surface area contributed by atoms with E-state index in [1.54, 1.807) is 6.08 Å². The number of benzene rings is 1. The molecule has 2 atom stereocenters. The second-order valence-corrected chi connectivity index (χ2v) is 7.17. The molecule has 0 radical (unpaired) electrons. The fourth-order valence-electron chi connectivity index (χ4n) is 3.85. The second kappa shape index (κ2) is 9.91. The Labute approximate surface area is 163 Å². The number of carboxylic acids is 1. The van der Waals surface area contributed by atoms with Gasteiger partial charge in [-0.2, -0.15) is 0 Å². The van der Waals surface area contributed by atoms with Crippen molar-refractivity contribution in [2.45, 2.75) is 12.5 Å². The van der Waals surface area contributed by atoms with E-state index in [1.165, 1.54) is 18.2 Å². The summed E-state index contributed by atoms with van der Waals surface area (Å²) in [5, 5.41) is 8.61. The van der Waals surface area contributed by atoms with Crippen molar-refractivity contribution in [3.8, 4) is 0 Å².